The van der Waals surface area contributed by atoms with Crippen LogP contribution in [0.4, 0.5) is 0 Å². The van der Waals surface area contributed by atoms with Crippen LogP contribution in [0, 0.1) is 0 Å². The van der Waals surface area contributed by atoms with Crippen LogP contribution in [0.25, 0.3) is 0 Å². The van der Waals surface area contributed by atoms with Gasteiger partial charge in [0.05, 0.1) is 11.1 Å². The van der Waals surface area contributed by atoms with Crippen molar-refractivity contribution in [2.75, 3.05) is 0 Å². The largest absolute Gasteiger partial charge is 0.478 e. The third-order valence-corrected chi connectivity index (χ3v) is 1.87. The fourth-order valence-corrected chi connectivity index (χ4v) is 1.16. The van der Waals surface area contributed by atoms with Crippen molar-refractivity contribution in [3.05, 3.63) is 47.5 Å². The second-order valence-electron chi connectivity index (χ2n) is 3.06. The first-order valence-corrected chi connectivity index (χ1v) is 5.77. The monoisotopic (exact) mass is 264 g/mol. The van der Waals surface area contributed by atoms with Crippen LogP contribution < -0.4 is 0 Å². The highest BCUT2D eigenvalue weighted by molar-refractivity contribution is 6.06. The Hall–Kier alpha value is -2.43. The fraction of sp³-hybridized carbons (Fsp3) is 0.214. The summed E-state index contributed by atoms with van der Waals surface area (Å²) in [7, 11) is 0. The van der Waals surface area contributed by atoms with E-state index in [2.05, 4.69) is 4.74 Å². The Bertz CT molecular complexity index is 488. The first-order valence-electron chi connectivity index (χ1n) is 5.77. The molecule has 0 unspecified atom stereocenters. The maximum atomic E-state index is 11.5. The van der Waals surface area contributed by atoms with E-state index in [1.807, 2.05) is 13.8 Å². The molecule has 0 heterocycles. The summed E-state index contributed by atoms with van der Waals surface area (Å²) in [5.41, 5.74) is -0.358. The molecule has 0 aromatic heterocycles. The van der Waals surface area contributed by atoms with Crippen LogP contribution in [-0.4, -0.2) is 23.0 Å². The van der Waals surface area contributed by atoms with E-state index in [1.54, 1.807) is 6.92 Å². The topological polar surface area (TPSA) is 80.7 Å². The second kappa shape index (κ2) is 8.63. The van der Waals surface area contributed by atoms with Gasteiger partial charge in [0.15, 0.2) is 0 Å². The first kappa shape index (κ1) is 16.6. The molecule has 0 aliphatic carbocycles. The number of allylic oxidation sites excluding steroid dienone is 1. The molecular formula is C14H16O5. The standard InChI is InChI=1S/C12H10O5.C2H6/c1-2-5-10(13)17-12(16)9-7-4-3-6-8(9)11(14)15;1-2/h2-7H,1H3,(H,14,15);1-2H3. The second-order valence-corrected chi connectivity index (χ2v) is 3.06. The van der Waals surface area contributed by atoms with Gasteiger partial charge in [0, 0.05) is 6.08 Å². The van der Waals surface area contributed by atoms with Crippen molar-refractivity contribution in [1.82, 2.24) is 0 Å². The van der Waals surface area contributed by atoms with Crippen LogP contribution in [0.15, 0.2) is 36.4 Å². The lowest BCUT2D eigenvalue weighted by Gasteiger charge is -2.03. The van der Waals surface area contributed by atoms with Gasteiger partial charge in [-0.15, -0.1) is 0 Å². The molecule has 0 radical (unpaired) electrons. The average Bonchev–Trinajstić information content (AvgIpc) is 2.41. The number of carboxylic acid groups (broad SMARTS) is 1. The molecule has 0 fully saturated rings. The molecule has 19 heavy (non-hydrogen) atoms. The molecule has 1 aromatic rings. The van der Waals surface area contributed by atoms with E-state index in [4.69, 9.17) is 5.11 Å². The van der Waals surface area contributed by atoms with Crippen LogP contribution in [0.1, 0.15) is 41.5 Å². The molecule has 0 bridgehead atoms. The van der Waals surface area contributed by atoms with Crippen molar-refractivity contribution in [3.8, 4) is 0 Å². The normalized spacial score (nSPS) is 9.42. The number of rotatable bonds is 3. The molecule has 1 aromatic carbocycles. The molecular weight excluding hydrogens is 248 g/mol. The minimum atomic E-state index is -1.25. The van der Waals surface area contributed by atoms with Crippen LogP contribution in [-0.2, 0) is 9.53 Å². The highest BCUT2D eigenvalue weighted by Gasteiger charge is 2.18. The molecule has 1 N–H and O–H groups in total. The number of hydrogen-bond acceptors (Lipinski definition) is 4. The number of carbonyl (C=O) groups excluding carboxylic acids is 2. The quantitative estimate of drug-likeness (QED) is 0.515. The van der Waals surface area contributed by atoms with E-state index in [1.165, 1.54) is 30.3 Å². The predicted octanol–water partition coefficient (Wildman–Crippen LogP) is 2.67. The van der Waals surface area contributed by atoms with Crippen molar-refractivity contribution in [2.45, 2.75) is 20.8 Å². The summed E-state index contributed by atoms with van der Waals surface area (Å²) >= 11 is 0. The highest BCUT2D eigenvalue weighted by atomic mass is 16.6. The molecule has 0 aliphatic rings. The van der Waals surface area contributed by atoms with Crippen molar-refractivity contribution in [2.24, 2.45) is 0 Å². The molecule has 1 rings (SSSR count). The first-order chi connectivity index (χ1) is 9.06. The number of ether oxygens (including phenoxy) is 1. The van der Waals surface area contributed by atoms with Gasteiger partial charge in [0.2, 0.25) is 0 Å². The summed E-state index contributed by atoms with van der Waals surface area (Å²) in [4.78, 5) is 33.4. The van der Waals surface area contributed by atoms with Gasteiger partial charge in [-0.25, -0.2) is 14.4 Å². The fourth-order valence-electron chi connectivity index (χ4n) is 1.16. The lowest BCUT2D eigenvalue weighted by atomic mass is 10.1. The Kier molecular flexibility index (Phi) is 7.53. The minimum Gasteiger partial charge on any atom is -0.478 e. The maximum absolute atomic E-state index is 11.5. The third-order valence-electron chi connectivity index (χ3n) is 1.87. The minimum absolute atomic E-state index is 0.155. The van der Waals surface area contributed by atoms with Gasteiger partial charge < -0.3 is 9.84 Å². The van der Waals surface area contributed by atoms with Gasteiger partial charge in [-0.3, -0.25) is 0 Å². The van der Waals surface area contributed by atoms with Crippen molar-refractivity contribution < 1.29 is 24.2 Å². The van der Waals surface area contributed by atoms with Crippen molar-refractivity contribution >= 4 is 17.9 Å². The Balaban J connectivity index is 0.00000154. The van der Waals surface area contributed by atoms with E-state index in [9.17, 15) is 14.4 Å². The van der Waals surface area contributed by atoms with Gasteiger partial charge in [-0.1, -0.05) is 32.1 Å². The van der Waals surface area contributed by atoms with Gasteiger partial charge >= 0.3 is 17.9 Å². The summed E-state index contributed by atoms with van der Waals surface area (Å²) < 4.78 is 4.44. The molecule has 102 valence electrons. The van der Waals surface area contributed by atoms with Gasteiger partial charge in [0.25, 0.3) is 0 Å². The smallest absolute Gasteiger partial charge is 0.346 e. The molecule has 0 amide bonds. The molecule has 5 nitrogen and oxygen atoms in total. The van der Waals surface area contributed by atoms with E-state index in [0.29, 0.717) is 0 Å². The molecule has 0 saturated carbocycles. The summed E-state index contributed by atoms with van der Waals surface area (Å²) in [6, 6.07) is 5.52. The summed E-state index contributed by atoms with van der Waals surface area (Å²) in [5.74, 6) is -3.07. The van der Waals surface area contributed by atoms with E-state index in [-0.39, 0.29) is 11.1 Å². The van der Waals surface area contributed by atoms with Gasteiger partial charge in [-0.05, 0) is 19.1 Å². The molecule has 0 spiro atoms. The Morgan fingerprint density at radius 1 is 1.11 bits per heavy atom. The number of carboxylic acids is 1. The van der Waals surface area contributed by atoms with Crippen LogP contribution in [0.5, 0.6) is 0 Å². The van der Waals surface area contributed by atoms with Crippen molar-refractivity contribution in [3.63, 3.8) is 0 Å². The zero-order valence-electron chi connectivity index (χ0n) is 11.0. The zero-order chi connectivity index (χ0) is 14.8. The van der Waals surface area contributed by atoms with Crippen molar-refractivity contribution in [1.29, 1.82) is 0 Å². The Morgan fingerprint density at radius 2 is 1.63 bits per heavy atom. The Labute approximate surface area is 111 Å². The molecule has 0 aliphatic heterocycles. The van der Waals surface area contributed by atoms with Crippen LogP contribution >= 0.6 is 0 Å². The highest BCUT2D eigenvalue weighted by Crippen LogP contribution is 2.10. The molecule has 0 atom stereocenters. The van der Waals surface area contributed by atoms with Crippen LogP contribution in [0.3, 0.4) is 0 Å². The number of esters is 2. The SMILES string of the molecule is CC.CC=CC(=O)OC(=O)c1ccccc1C(=O)O. The molecule has 5 heteroatoms. The maximum Gasteiger partial charge on any atom is 0.346 e. The lowest BCUT2D eigenvalue weighted by molar-refractivity contribution is -0.132. The van der Waals surface area contributed by atoms with E-state index >= 15 is 0 Å². The summed E-state index contributed by atoms with van der Waals surface area (Å²) in [6.45, 7) is 5.59. The van der Waals surface area contributed by atoms with E-state index < -0.39 is 17.9 Å². The van der Waals surface area contributed by atoms with Gasteiger partial charge in [0.1, 0.15) is 0 Å². The van der Waals surface area contributed by atoms with Gasteiger partial charge in [-0.2, -0.15) is 0 Å². The van der Waals surface area contributed by atoms with E-state index in [0.717, 1.165) is 6.08 Å². The summed E-state index contributed by atoms with van der Waals surface area (Å²) in [6.07, 6.45) is 2.49. The Morgan fingerprint density at radius 3 is 2.11 bits per heavy atom. The average molecular weight is 264 g/mol. The number of hydrogen-bond donors (Lipinski definition) is 1. The summed E-state index contributed by atoms with van der Waals surface area (Å²) in [5, 5.41) is 8.85. The predicted molar refractivity (Wildman–Crippen MR) is 70.0 cm³/mol. The lowest BCUT2D eigenvalue weighted by Crippen LogP contribution is -2.14. The number of carbonyl (C=O) groups is 3. The number of benzene rings is 1. The number of aromatic carboxylic acids is 1. The third kappa shape index (κ3) is 5.16. The zero-order valence-corrected chi connectivity index (χ0v) is 11.0. The molecule has 0 saturated heterocycles. The van der Waals surface area contributed by atoms with Crippen LogP contribution in [0.2, 0.25) is 0 Å².